The molecule has 1 fully saturated rings. The number of hydrogen-bond acceptors (Lipinski definition) is 3. The molecule has 0 saturated carbocycles. The van der Waals surface area contributed by atoms with E-state index in [1.54, 1.807) is 0 Å². The Morgan fingerprint density at radius 3 is 2.78 bits per heavy atom. The summed E-state index contributed by atoms with van der Waals surface area (Å²) in [6, 6.07) is 4.10. The Morgan fingerprint density at radius 1 is 1.33 bits per heavy atom. The van der Waals surface area contributed by atoms with E-state index in [9.17, 15) is 4.21 Å². The molecule has 2 aliphatic rings. The van der Waals surface area contributed by atoms with E-state index < -0.39 is 11.0 Å². The van der Waals surface area contributed by atoms with Gasteiger partial charge in [0.25, 0.3) is 0 Å². The molecular weight excluding hydrogens is 246 g/mol. The van der Waals surface area contributed by atoms with Crippen LogP contribution in [0.2, 0.25) is 0 Å². The predicted octanol–water partition coefficient (Wildman–Crippen LogP) is 1.11. The number of nitrogens with zero attached hydrogens (tertiary/aromatic N) is 3. The van der Waals surface area contributed by atoms with Crippen molar-refractivity contribution in [3.8, 4) is 0 Å². The highest BCUT2D eigenvalue weighted by Gasteiger charge is 2.47. The van der Waals surface area contributed by atoms with Gasteiger partial charge in [-0.1, -0.05) is 6.07 Å². The molecule has 2 aliphatic heterocycles. The first-order valence-electron chi connectivity index (χ1n) is 6.39. The maximum Gasteiger partial charge on any atom is 0.105 e. The number of likely N-dealkylation sites (tertiary alicyclic amines) is 1. The molecule has 1 aromatic heterocycles. The van der Waals surface area contributed by atoms with Crippen LogP contribution in [0.5, 0.6) is 0 Å². The molecule has 4 nitrogen and oxygen atoms in total. The highest BCUT2D eigenvalue weighted by atomic mass is 32.2. The number of pyridine rings is 1. The molecule has 1 spiro atoms. The zero-order valence-electron chi connectivity index (χ0n) is 10.9. The van der Waals surface area contributed by atoms with Crippen LogP contribution in [0.3, 0.4) is 0 Å². The Morgan fingerprint density at radius 2 is 2.06 bits per heavy atom. The van der Waals surface area contributed by atoms with Crippen molar-refractivity contribution in [2.45, 2.75) is 24.1 Å². The number of hydrogen-bond donors (Lipinski definition) is 0. The number of fused-ring (bicyclic) bond motifs is 2. The molecule has 1 unspecified atom stereocenters. The molecule has 0 aliphatic carbocycles. The third kappa shape index (κ3) is 1.73. The Labute approximate surface area is 111 Å². The molecule has 0 amide bonds. The average molecular weight is 265 g/mol. The molecule has 0 N–H and O–H groups in total. The maximum atomic E-state index is 12.8. The minimum atomic E-state index is -0.940. The Kier molecular flexibility index (Phi) is 3.00. The number of rotatable bonds is 0. The SMILES string of the molecule is CN1CCC2(CC1)c1cccnc1CN(C)S2=O. The second-order valence-electron chi connectivity index (χ2n) is 5.33. The molecule has 1 aromatic rings. The molecular formula is C13H19N3OS. The van der Waals surface area contributed by atoms with Crippen molar-refractivity contribution >= 4 is 11.0 Å². The van der Waals surface area contributed by atoms with Gasteiger partial charge in [0.05, 0.1) is 17.0 Å². The molecule has 5 heteroatoms. The summed E-state index contributed by atoms with van der Waals surface area (Å²) >= 11 is 0. The molecule has 1 saturated heterocycles. The third-order valence-electron chi connectivity index (χ3n) is 4.17. The van der Waals surface area contributed by atoms with Crippen LogP contribution in [-0.2, 0) is 22.3 Å². The molecule has 0 radical (unpaired) electrons. The number of aromatic nitrogens is 1. The molecule has 3 rings (SSSR count). The van der Waals surface area contributed by atoms with E-state index in [2.05, 4.69) is 23.0 Å². The second kappa shape index (κ2) is 4.40. The van der Waals surface area contributed by atoms with Crippen LogP contribution in [0.4, 0.5) is 0 Å². The van der Waals surface area contributed by atoms with Crippen molar-refractivity contribution in [2.24, 2.45) is 0 Å². The molecule has 0 bridgehead atoms. The van der Waals surface area contributed by atoms with E-state index in [0.29, 0.717) is 6.54 Å². The first kappa shape index (κ1) is 12.3. The van der Waals surface area contributed by atoms with Crippen molar-refractivity contribution in [2.75, 3.05) is 27.2 Å². The monoisotopic (exact) mass is 265 g/mol. The summed E-state index contributed by atoms with van der Waals surface area (Å²) in [7, 11) is 3.13. The minimum absolute atomic E-state index is 0.205. The van der Waals surface area contributed by atoms with Crippen LogP contribution in [-0.4, -0.2) is 45.6 Å². The smallest absolute Gasteiger partial charge is 0.105 e. The van der Waals surface area contributed by atoms with Crippen LogP contribution in [0.15, 0.2) is 18.3 Å². The summed E-state index contributed by atoms with van der Waals surface area (Å²) < 4.78 is 14.5. The van der Waals surface area contributed by atoms with Gasteiger partial charge in [-0.25, -0.2) is 8.51 Å². The Balaban J connectivity index is 2.09. The summed E-state index contributed by atoms with van der Waals surface area (Å²) in [4.78, 5) is 6.80. The lowest BCUT2D eigenvalue weighted by atomic mass is 9.87. The Bertz CT molecular complexity index is 483. The maximum absolute atomic E-state index is 12.8. The van der Waals surface area contributed by atoms with Gasteiger partial charge in [0, 0.05) is 13.2 Å². The lowest BCUT2D eigenvalue weighted by molar-refractivity contribution is 0.227. The van der Waals surface area contributed by atoms with Crippen molar-refractivity contribution in [3.05, 3.63) is 29.6 Å². The second-order valence-corrected chi connectivity index (χ2v) is 7.23. The highest BCUT2D eigenvalue weighted by molar-refractivity contribution is 7.83. The fraction of sp³-hybridized carbons (Fsp3) is 0.615. The van der Waals surface area contributed by atoms with E-state index in [1.807, 2.05) is 23.6 Å². The van der Waals surface area contributed by atoms with Crippen LogP contribution < -0.4 is 0 Å². The third-order valence-corrected chi connectivity index (χ3v) is 6.16. The van der Waals surface area contributed by atoms with Gasteiger partial charge in [0.1, 0.15) is 11.0 Å². The molecule has 3 heterocycles. The molecule has 18 heavy (non-hydrogen) atoms. The fourth-order valence-electron chi connectivity index (χ4n) is 3.06. The summed E-state index contributed by atoms with van der Waals surface area (Å²) in [5.74, 6) is 0. The first-order chi connectivity index (χ1) is 8.63. The van der Waals surface area contributed by atoms with E-state index in [-0.39, 0.29) is 4.75 Å². The topological polar surface area (TPSA) is 36.4 Å². The standard InChI is InChI=1S/C13H19N3OS/c1-15-8-5-13(6-9-15)11-4-3-7-14-12(11)10-16(2)18(13)17/h3-4,7H,5-6,8-10H2,1-2H3. The summed E-state index contributed by atoms with van der Waals surface area (Å²) in [5.41, 5.74) is 2.32. The predicted molar refractivity (Wildman–Crippen MR) is 72.3 cm³/mol. The van der Waals surface area contributed by atoms with E-state index in [1.165, 1.54) is 5.56 Å². The highest BCUT2D eigenvalue weighted by Crippen LogP contribution is 2.43. The van der Waals surface area contributed by atoms with Gasteiger partial charge in [-0.3, -0.25) is 4.98 Å². The van der Waals surface area contributed by atoms with Gasteiger partial charge in [-0.15, -0.1) is 0 Å². The normalized spacial score (nSPS) is 28.2. The van der Waals surface area contributed by atoms with Gasteiger partial charge in [-0.05, 0) is 44.6 Å². The van der Waals surface area contributed by atoms with Crippen LogP contribution in [0, 0.1) is 0 Å². The molecule has 98 valence electrons. The fourth-order valence-corrected chi connectivity index (χ4v) is 4.81. The van der Waals surface area contributed by atoms with Gasteiger partial charge in [0.15, 0.2) is 0 Å². The summed E-state index contributed by atoms with van der Waals surface area (Å²) in [6.07, 6.45) is 3.75. The van der Waals surface area contributed by atoms with Gasteiger partial charge < -0.3 is 4.90 Å². The van der Waals surface area contributed by atoms with E-state index in [4.69, 9.17) is 0 Å². The largest absolute Gasteiger partial charge is 0.306 e. The summed E-state index contributed by atoms with van der Waals surface area (Å²) in [5, 5.41) is 0. The quantitative estimate of drug-likeness (QED) is 0.705. The molecule has 0 aromatic carbocycles. The van der Waals surface area contributed by atoms with Crippen molar-refractivity contribution < 1.29 is 4.21 Å². The van der Waals surface area contributed by atoms with E-state index in [0.717, 1.165) is 31.6 Å². The Hall–Kier alpha value is -0.780. The van der Waals surface area contributed by atoms with Gasteiger partial charge in [0.2, 0.25) is 0 Å². The van der Waals surface area contributed by atoms with Crippen LogP contribution in [0.1, 0.15) is 24.1 Å². The van der Waals surface area contributed by atoms with E-state index >= 15 is 0 Å². The van der Waals surface area contributed by atoms with Gasteiger partial charge in [-0.2, -0.15) is 0 Å². The zero-order valence-corrected chi connectivity index (χ0v) is 11.7. The lowest BCUT2D eigenvalue weighted by Crippen LogP contribution is -2.50. The lowest BCUT2D eigenvalue weighted by Gasteiger charge is -2.45. The summed E-state index contributed by atoms with van der Waals surface area (Å²) in [6.45, 7) is 2.71. The number of piperidine rings is 1. The van der Waals surface area contributed by atoms with Gasteiger partial charge >= 0.3 is 0 Å². The van der Waals surface area contributed by atoms with Crippen LogP contribution in [0.25, 0.3) is 0 Å². The molecule has 1 atom stereocenters. The average Bonchev–Trinajstić information content (AvgIpc) is 2.39. The minimum Gasteiger partial charge on any atom is -0.306 e. The van der Waals surface area contributed by atoms with Crippen LogP contribution >= 0.6 is 0 Å². The first-order valence-corrected chi connectivity index (χ1v) is 7.50. The zero-order chi connectivity index (χ0) is 12.8. The van der Waals surface area contributed by atoms with Crippen molar-refractivity contribution in [1.82, 2.24) is 14.2 Å². The van der Waals surface area contributed by atoms with Crippen molar-refractivity contribution in [3.63, 3.8) is 0 Å². The van der Waals surface area contributed by atoms with Crippen molar-refractivity contribution in [1.29, 1.82) is 0 Å².